The lowest BCUT2D eigenvalue weighted by molar-refractivity contribution is -0.138. The predicted molar refractivity (Wildman–Crippen MR) is 70.4 cm³/mol. The molecule has 1 unspecified atom stereocenters. The van der Waals surface area contributed by atoms with Crippen LogP contribution in [0.1, 0.15) is 58.3 Å². The third-order valence-corrected chi connectivity index (χ3v) is 2.44. The minimum Gasteiger partial charge on any atom is -0.480 e. The molecule has 108 valence electrons. The summed E-state index contributed by atoms with van der Waals surface area (Å²) in [6, 6.07) is -0.661. The fourth-order valence-electron chi connectivity index (χ4n) is 1.44. The van der Waals surface area contributed by atoms with E-state index >= 15 is 0 Å². The van der Waals surface area contributed by atoms with E-state index in [1.54, 1.807) is 0 Å². The topological polar surface area (TPSA) is 127 Å². The van der Waals surface area contributed by atoms with Crippen LogP contribution in [-0.2, 0) is 4.79 Å². The minimum absolute atomic E-state index is 0.614. The van der Waals surface area contributed by atoms with Crippen molar-refractivity contribution in [1.82, 2.24) is 0 Å². The molecule has 0 fully saturated rings. The summed E-state index contributed by atoms with van der Waals surface area (Å²) in [4.78, 5) is 19.2. The normalized spacial score (nSPS) is 11.2. The summed E-state index contributed by atoms with van der Waals surface area (Å²) in [5.41, 5.74) is 9.41. The van der Waals surface area contributed by atoms with Gasteiger partial charge in [-0.05, 0) is 6.42 Å². The van der Waals surface area contributed by atoms with Crippen LogP contribution >= 0.6 is 0 Å². The highest BCUT2D eigenvalue weighted by atomic mass is 16.4. The standard InChI is InChI=1S/C11H23NO2.CH3NO2/c1-2-3-4-5-6-7-8-9-10(12)11(13)14;2-1(3)4/h10H,2-9,12H2,1H3,(H,13,14);2H2,(H,3,4). The first kappa shape index (κ1) is 19.0. The summed E-state index contributed by atoms with van der Waals surface area (Å²) < 4.78 is 0. The lowest BCUT2D eigenvalue weighted by Gasteiger charge is -2.05. The van der Waals surface area contributed by atoms with Crippen LogP contribution in [0.3, 0.4) is 0 Å². The van der Waals surface area contributed by atoms with Gasteiger partial charge in [-0.3, -0.25) is 4.79 Å². The van der Waals surface area contributed by atoms with E-state index in [9.17, 15) is 4.79 Å². The maximum absolute atomic E-state index is 10.4. The van der Waals surface area contributed by atoms with Gasteiger partial charge in [-0.25, -0.2) is 4.79 Å². The van der Waals surface area contributed by atoms with Gasteiger partial charge in [0.15, 0.2) is 0 Å². The third kappa shape index (κ3) is 20.2. The quantitative estimate of drug-likeness (QED) is 0.473. The fourth-order valence-corrected chi connectivity index (χ4v) is 1.44. The van der Waals surface area contributed by atoms with Crippen LogP contribution in [0.15, 0.2) is 0 Å². The number of primary amides is 1. The van der Waals surface area contributed by atoms with Gasteiger partial charge in [-0.2, -0.15) is 0 Å². The van der Waals surface area contributed by atoms with Crippen molar-refractivity contribution in [2.75, 3.05) is 0 Å². The summed E-state index contributed by atoms with van der Waals surface area (Å²) in [6.07, 6.45) is 7.72. The summed E-state index contributed by atoms with van der Waals surface area (Å²) in [6.45, 7) is 2.20. The molecule has 0 radical (unpaired) electrons. The Labute approximate surface area is 108 Å². The zero-order valence-electron chi connectivity index (χ0n) is 11.1. The van der Waals surface area contributed by atoms with Crippen LogP contribution in [0, 0.1) is 0 Å². The maximum atomic E-state index is 10.4. The van der Waals surface area contributed by atoms with E-state index in [1.165, 1.54) is 32.1 Å². The van der Waals surface area contributed by atoms with Gasteiger partial charge in [0.25, 0.3) is 0 Å². The Morgan fingerprint density at radius 1 is 1.00 bits per heavy atom. The number of nitrogens with two attached hydrogens (primary N) is 2. The van der Waals surface area contributed by atoms with Crippen molar-refractivity contribution in [3.8, 4) is 0 Å². The average Bonchev–Trinajstić information content (AvgIpc) is 2.26. The molecule has 1 atom stereocenters. The molecule has 6 heteroatoms. The molecule has 0 aromatic rings. The van der Waals surface area contributed by atoms with E-state index in [0.29, 0.717) is 6.42 Å². The van der Waals surface area contributed by atoms with Crippen LogP contribution in [0.4, 0.5) is 4.79 Å². The second-order valence-corrected chi connectivity index (χ2v) is 4.19. The van der Waals surface area contributed by atoms with Crippen molar-refractivity contribution in [3.05, 3.63) is 0 Å². The van der Waals surface area contributed by atoms with Gasteiger partial charge in [0.1, 0.15) is 6.04 Å². The number of carbonyl (C=O) groups is 2. The van der Waals surface area contributed by atoms with Gasteiger partial charge in [-0.15, -0.1) is 0 Å². The molecule has 0 aromatic carbocycles. The molecule has 1 amide bonds. The Kier molecular flexibility index (Phi) is 14.6. The van der Waals surface area contributed by atoms with E-state index in [4.69, 9.17) is 20.7 Å². The second kappa shape index (κ2) is 13.8. The Balaban J connectivity index is 0. The molecule has 0 aliphatic rings. The minimum atomic E-state index is -1.33. The van der Waals surface area contributed by atoms with Crippen molar-refractivity contribution in [3.63, 3.8) is 0 Å². The van der Waals surface area contributed by atoms with Gasteiger partial charge in [0, 0.05) is 0 Å². The zero-order valence-corrected chi connectivity index (χ0v) is 11.1. The number of hydrogen-bond acceptors (Lipinski definition) is 3. The van der Waals surface area contributed by atoms with Crippen LogP contribution < -0.4 is 11.5 Å². The molecule has 0 rings (SSSR count). The second-order valence-electron chi connectivity index (χ2n) is 4.19. The fraction of sp³-hybridized carbons (Fsp3) is 0.833. The molecule has 0 spiro atoms. The van der Waals surface area contributed by atoms with E-state index in [2.05, 4.69) is 12.7 Å². The Hall–Kier alpha value is -1.30. The summed E-state index contributed by atoms with van der Waals surface area (Å²) in [5.74, 6) is -0.879. The van der Waals surface area contributed by atoms with Gasteiger partial charge < -0.3 is 21.7 Å². The number of unbranched alkanes of at least 4 members (excludes halogenated alkanes) is 6. The van der Waals surface area contributed by atoms with Crippen LogP contribution in [0.2, 0.25) is 0 Å². The van der Waals surface area contributed by atoms with Gasteiger partial charge in [0.2, 0.25) is 0 Å². The number of hydrogen-bond donors (Lipinski definition) is 4. The molecule has 0 saturated carbocycles. The van der Waals surface area contributed by atoms with Crippen molar-refractivity contribution in [1.29, 1.82) is 0 Å². The lowest BCUT2D eigenvalue weighted by Crippen LogP contribution is -2.29. The first-order chi connectivity index (χ1) is 8.41. The SMILES string of the molecule is CCCCCCCCCC(N)C(=O)O.NC(=O)O. The highest BCUT2D eigenvalue weighted by molar-refractivity contribution is 5.72. The van der Waals surface area contributed by atoms with Crippen molar-refractivity contribution in [2.45, 2.75) is 64.3 Å². The van der Waals surface area contributed by atoms with Gasteiger partial charge in [-0.1, -0.05) is 51.9 Å². The van der Waals surface area contributed by atoms with Crippen molar-refractivity contribution >= 4 is 12.1 Å². The molecule has 18 heavy (non-hydrogen) atoms. The first-order valence-corrected chi connectivity index (χ1v) is 6.38. The molecular formula is C12H26N2O4. The molecule has 0 aliphatic heterocycles. The summed E-state index contributed by atoms with van der Waals surface area (Å²) >= 11 is 0. The van der Waals surface area contributed by atoms with E-state index in [0.717, 1.165) is 12.8 Å². The molecule has 0 heterocycles. The van der Waals surface area contributed by atoms with Crippen molar-refractivity contribution < 1.29 is 19.8 Å². The van der Waals surface area contributed by atoms with Crippen molar-refractivity contribution in [2.24, 2.45) is 11.5 Å². The summed E-state index contributed by atoms with van der Waals surface area (Å²) in [5, 5.41) is 15.7. The van der Waals surface area contributed by atoms with Gasteiger partial charge >= 0.3 is 12.1 Å². The summed E-state index contributed by atoms with van der Waals surface area (Å²) in [7, 11) is 0. The zero-order chi connectivity index (χ0) is 14.4. The van der Waals surface area contributed by atoms with Crippen LogP contribution in [0.5, 0.6) is 0 Å². The highest BCUT2D eigenvalue weighted by Gasteiger charge is 2.09. The maximum Gasteiger partial charge on any atom is 0.402 e. The number of aliphatic carboxylic acids is 1. The van der Waals surface area contributed by atoms with E-state index in [-0.39, 0.29) is 0 Å². The lowest BCUT2D eigenvalue weighted by atomic mass is 10.1. The molecular weight excluding hydrogens is 236 g/mol. The Morgan fingerprint density at radius 2 is 1.39 bits per heavy atom. The van der Waals surface area contributed by atoms with E-state index < -0.39 is 18.1 Å². The average molecular weight is 262 g/mol. The number of amides is 1. The number of carboxylic acids is 1. The first-order valence-electron chi connectivity index (χ1n) is 6.38. The Morgan fingerprint density at radius 3 is 1.78 bits per heavy atom. The molecule has 0 aliphatic carbocycles. The largest absolute Gasteiger partial charge is 0.480 e. The predicted octanol–water partition coefficient (Wildman–Crippen LogP) is 2.16. The number of rotatable bonds is 9. The molecule has 0 saturated heterocycles. The molecule has 0 aromatic heterocycles. The molecule has 0 bridgehead atoms. The van der Waals surface area contributed by atoms with Crippen LogP contribution in [0.25, 0.3) is 0 Å². The molecule has 6 N–H and O–H groups in total. The van der Waals surface area contributed by atoms with Gasteiger partial charge in [0.05, 0.1) is 0 Å². The third-order valence-electron chi connectivity index (χ3n) is 2.44. The highest BCUT2D eigenvalue weighted by Crippen LogP contribution is 2.09. The number of carboxylic acid groups (broad SMARTS) is 2. The Bertz CT molecular complexity index is 218. The molecule has 6 nitrogen and oxygen atoms in total. The van der Waals surface area contributed by atoms with Crippen LogP contribution in [-0.4, -0.2) is 28.3 Å². The monoisotopic (exact) mass is 262 g/mol. The smallest absolute Gasteiger partial charge is 0.402 e. The van der Waals surface area contributed by atoms with E-state index in [1.807, 2.05) is 0 Å².